The maximum absolute atomic E-state index is 13.5. The molecule has 3 N–H and O–H groups in total. The van der Waals surface area contributed by atoms with Crippen molar-refractivity contribution in [3.05, 3.63) is 102 Å². The molecule has 0 saturated carbocycles. The van der Waals surface area contributed by atoms with Crippen LogP contribution in [0.5, 0.6) is 5.75 Å². The zero-order valence-corrected chi connectivity index (χ0v) is 31.7. The van der Waals surface area contributed by atoms with Crippen LogP contribution in [-0.4, -0.2) is 69.1 Å². The molecule has 0 unspecified atom stereocenters. The number of carbonyl (C=O) groups is 3. The predicted molar refractivity (Wildman–Crippen MR) is 208 cm³/mol. The summed E-state index contributed by atoms with van der Waals surface area (Å²) < 4.78 is 19.0. The van der Waals surface area contributed by atoms with Gasteiger partial charge in [-0.1, -0.05) is 62.7 Å². The topological polar surface area (TPSA) is 149 Å². The number of fused-ring (bicyclic) bond motifs is 1. The highest BCUT2D eigenvalue weighted by molar-refractivity contribution is 6.07. The van der Waals surface area contributed by atoms with Gasteiger partial charge in [0.25, 0.3) is 5.91 Å². The number of nitrogens with one attached hydrogen (secondary N) is 3. The minimum Gasteiger partial charge on any atom is -0.488 e. The Morgan fingerprint density at radius 2 is 1.63 bits per heavy atom. The molecule has 1 aliphatic rings. The van der Waals surface area contributed by atoms with Gasteiger partial charge in [-0.05, 0) is 69.7 Å². The molecule has 3 aromatic carbocycles. The first-order valence-corrected chi connectivity index (χ1v) is 17.9. The fraction of sp³-hybridized carbons (Fsp3) is 0.341. The van der Waals surface area contributed by atoms with Gasteiger partial charge >= 0.3 is 12.1 Å². The SMILES string of the molecule is Cc1ccc(-n2nc(C(C)(C)C)cc2NC(=O)Nc2ccc(OCc3ccnc(NC(=O)[C@@H]4COCCN4C(=O)OC(C)(C)C)c3)c3ccccc23)cc1. The number of benzene rings is 3. The van der Waals surface area contributed by atoms with Crippen LogP contribution in [0.25, 0.3) is 16.5 Å². The molecule has 5 aromatic rings. The average Bonchev–Trinajstić information content (AvgIpc) is 3.55. The van der Waals surface area contributed by atoms with E-state index >= 15 is 0 Å². The molecule has 1 atom stereocenters. The molecule has 0 spiro atoms. The number of urea groups is 1. The summed E-state index contributed by atoms with van der Waals surface area (Å²) in [6.07, 6.45) is 1.01. The van der Waals surface area contributed by atoms with Crippen LogP contribution >= 0.6 is 0 Å². The summed E-state index contributed by atoms with van der Waals surface area (Å²) in [5.41, 5.74) is 3.25. The van der Waals surface area contributed by atoms with Crippen molar-refractivity contribution in [3.63, 3.8) is 0 Å². The first-order chi connectivity index (χ1) is 25.6. The van der Waals surface area contributed by atoms with E-state index in [1.54, 1.807) is 49.8 Å². The van der Waals surface area contributed by atoms with Crippen molar-refractivity contribution < 1.29 is 28.6 Å². The summed E-state index contributed by atoms with van der Waals surface area (Å²) in [4.78, 5) is 45.2. The Morgan fingerprint density at radius 3 is 2.35 bits per heavy atom. The molecule has 0 aliphatic carbocycles. The summed E-state index contributed by atoms with van der Waals surface area (Å²) in [6.45, 7) is 14.4. The number of nitrogens with zero attached hydrogens (tertiary/aromatic N) is 4. The van der Waals surface area contributed by atoms with Crippen LogP contribution in [0.1, 0.15) is 58.4 Å². The number of aromatic nitrogens is 3. The van der Waals surface area contributed by atoms with Crippen LogP contribution in [0.2, 0.25) is 0 Å². The molecule has 0 bridgehead atoms. The highest BCUT2D eigenvalue weighted by Crippen LogP contribution is 2.33. The Balaban J connectivity index is 1.13. The zero-order valence-electron chi connectivity index (χ0n) is 31.7. The molecular formula is C41H47N7O6. The Labute approximate surface area is 315 Å². The lowest BCUT2D eigenvalue weighted by Crippen LogP contribution is -2.55. The van der Waals surface area contributed by atoms with E-state index in [1.165, 1.54) is 4.90 Å². The van der Waals surface area contributed by atoms with Gasteiger partial charge in [0.05, 0.1) is 30.3 Å². The number of carbonyl (C=O) groups excluding carboxylic acids is 3. The van der Waals surface area contributed by atoms with Crippen LogP contribution in [0.3, 0.4) is 0 Å². The summed E-state index contributed by atoms with van der Waals surface area (Å²) in [5, 5.41) is 15.2. The molecule has 4 amide bonds. The highest BCUT2D eigenvalue weighted by Gasteiger charge is 2.35. The maximum atomic E-state index is 13.5. The third kappa shape index (κ3) is 9.15. The number of pyridine rings is 1. The van der Waals surface area contributed by atoms with Gasteiger partial charge in [-0.2, -0.15) is 5.10 Å². The van der Waals surface area contributed by atoms with Gasteiger partial charge in [0.1, 0.15) is 35.6 Å². The highest BCUT2D eigenvalue weighted by atomic mass is 16.6. The average molecular weight is 734 g/mol. The van der Waals surface area contributed by atoms with Gasteiger partial charge in [0.2, 0.25) is 0 Å². The largest absolute Gasteiger partial charge is 0.488 e. The third-order valence-electron chi connectivity index (χ3n) is 8.66. The minimum atomic E-state index is -0.868. The van der Waals surface area contributed by atoms with Crippen molar-refractivity contribution in [2.75, 3.05) is 35.7 Å². The lowest BCUT2D eigenvalue weighted by atomic mass is 9.92. The van der Waals surface area contributed by atoms with E-state index in [0.29, 0.717) is 29.7 Å². The van der Waals surface area contributed by atoms with Crippen molar-refractivity contribution in [1.29, 1.82) is 0 Å². The molecule has 13 heteroatoms. The van der Waals surface area contributed by atoms with E-state index in [-0.39, 0.29) is 25.2 Å². The number of aryl methyl sites for hydroxylation is 1. The molecule has 54 heavy (non-hydrogen) atoms. The number of hydrogen-bond acceptors (Lipinski definition) is 8. The second-order valence-electron chi connectivity index (χ2n) is 15.2. The number of ether oxygens (including phenoxy) is 3. The Hall–Kier alpha value is -5.95. The fourth-order valence-electron chi connectivity index (χ4n) is 5.86. The molecular weight excluding hydrogens is 686 g/mol. The Bertz CT molecular complexity index is 2150. The predicted octanol–water partition coefficient (Wildman–Crippen LogP) is 7.82. The molecule has 1 fully saturated rings. The molecule has 3 heterocycles. The van der Waals surface area contributed by atoms with Gasteiger partial charge in [-0.25, -0.2) is 19.3 Å². The lowest BCUT2D eigenvalue weighted by Gasteiger charge is -2.35. The van der Waals surface area contributed by atoms with E-state index in [1.807, 2.05) is 67.6 Å². The smallest absolute Gasteiger partial charge is 0.411 e. The minimum absolute atomic E-state index is 0.0454. The van der Waals surface area contributed by atoms with Gasteiger partial charge in [0.15, 0.2) is 0 Å². The third-order valence-corrected chi connectivity index (χ3v) is 8.66. The summed E-state index contributed by atoms with van der Waals surface area (Å²) >= 11 is 0. The lowest BCUT2D eigenvalue weighted by molar-refractivity contribution is -0.127. The number of hydrogen-bond donors (Lipinski definition) is 3. The second-order valence-corrected chi connectivity index (χ2v) is 15.2. The Kier molecular flexibility index (Phi) is 10.9. The van der Waals surface area contributed by atoms with Crippen LogP contribution in [-0.2, 0) is 26.3 Å². The number of amides is 4. The van der Waals surface area contributed by atoms with Crippen LogP contribution < -0.4 is 20.7 Å². The first kappa shape index (κ1) is 37.8. The van der Waals surface area contributed by atoms with E-state index in [2.05, 4.69) is 41.7 Å². The van der Waals surface area contributed by atoms with Crippen molar-refractivity contribution in [2.24, 2.45) is 0 Å². The standard InChI is InChI=1S/C41H47N7O6/c1-26-12-14-28(15-13-26)48-36(23-34(46-48)40(2,3)4)45-38(50)43-31-16-17-33(30-11-9-8-10-29(30)31)53-24-27-18-19-42-35(22-27)44-37(49)32-25-52-21-20-47(32)39(51)54-41(5,6)7/h8-19,22-23,32H,20-21,24-25H2,1-7H3,(H,42,44,49)(H2,43,45,50)/t32-/m0/s1. The molecule has 2 aromatic heterocycles. The van der Waals surface area contributed by atoms with E-state index in [0.717, 1.165) is 33.3 Å². The van der Waals surface area contributed by atoms with Crippen molar-refractivity contribution in [2.45, 2.75) is 72.1 Å². The molecule has 6 rings (SSSR count). The van der Waals surface area contributed by atoms with Crippen LogP contribution in [0.4, 0.5) is 26.9 Å². The summed E-state index contributed by atoms with van der Waals surface area (Å²) in [5.74, 6) is 1.03. The number of rotatable bonds is 8. The fourth-order valence-corrected chi connectivity index (χ4v) is 5.86. The van der Waals surface area contributed by atoms with Gasteiger partial charge in [-0.3, -0.25) is 15.0 Å². The first-order valence-electron chi connectivity index (χ1n) is 17.9. The van der Waals surface area contributed by atoms with Crippen molar-refractivity contribution in [3.8, 4) is 11.4 Å². The van der Waals surface area contributed by atoms with Crippen molar-refractivity contribution >= 4 is 46.1 Å². The van der Waals surface area contributed by atoms with E-state index in [9.17, 15) is 14.4 Å². The second kappa shape index (κ2) is 15.6. The number of anilines is 3. The molecule has 0 radical (unpaired) electrons. The summed E-state index contributed by atoms with van der Waals surface area (Å²) in [7, 11) is 0. The summed E-state index contributed by atoms with van der Waals surface area (Å²) in [6, 6.07) is 23.4. The van der Waals surface area contributed by atoms with E-state index in [4.69, 9.17) is 19.3 Å². The monoisotopic (exact) mass is 733 g/mol. The molecule has 1 aliphatic heterocycles. The zero-order chi connectivity index (χ0) is 38.6. The maximum Gasteiger partial charge on any atom is 0.411 e. The quantitative estimate of drug-likeness (QED) is 0.146. The van der Waals surface area contributed by atoms with Crippen LogP contribution in [0.15, 0.2) is 85.1 Å². The van der Waals surface area contributed by atoms with Crippen LogP contribution in [0, 0.1) is 6.92 Å². The number of morpholine rings is 1. The normalized spacial score (nSPS) is 14.7. The van der Waals surface area contributed by atoms with Gasteiger partial charge in [-0.15, -0.1) is 0 Å². The molecule has 13 nitrogen and oxygen atoms in total. The van der Waals surface area contributed by atoms with Gasteiger partial charge in [0, 0.05) is 35.0 Å². The van der Waals surface area contributed by atoms with Gasteiger partial charge < -0.3 is 24.8 Å². The molecule has 282 valence electrons. The molecule has 1 saturated heterocycles. The van der Waals surface area contributed by atoms with E-state index < -0.39 is 29.7 Å². The van der Waals surface area contributed by atoms with Crippen molar-refractivity contribution in [1.82, 2.24) is 19.7 Å². The Morgan fingerprint density at radius 1 is 0.889 bits per heavy atom.